The minimum atomic E-state index is -0.309. The number of pyridine rings is 1. The molecular weight excluding hydrogens is 450 g/mol. The lowest BCUT2D eigenvalue weighted by atomic mass is 10.1. The lowest BCUT2D eigenvalue weighted by Gasteiger charge is -2.07. The van der Waals surface area contributed by atoms with Crippen LogP contribution in [0, 0.1) is 0 Å². The van der Waals surface area contributed by atoms with E-state index in [1.165, 1.54) is 11.3 Å². The smallest absolute Gasteiger partial charge is 0.315 e. The average molecular weight is 466 g/mol. The van der Waals surface area contributed by atoms with E-state index in [0.717, 1.165) is 32.2 Å². The monoisotopic (exact) mass is 465 g/mol. The van der Waals surface area contributed by atoms with E-state index in [0.29, 0.717) is 5.75 Å². The van der Waals surface area contributed by atoms with Gasteiger partial charge in [0, 0.05) is 27.8 Å². The van der Waals surface area contributed by atoms with Gasteiger partial charge >= 0.3 is 5.97 Å². The third kappa shape index (κ3) is 5.28. The molecule has 0 amide bonds. The quantitative estimate of drug-likeness (QED) is 0.285. The number of halogens is 1. The maximum Gasteiger partial charge on any atom is 0.315 e. The zero-order valence-electron chi connectivity index (χ0n) is 15.2. The molecule has 0 saturated carbocycles. The van der Waals surface area contributed by atoms with Gasteiger partial charge in [0.15, 0.2) is 5.13 Å². The Morgan fingerprint density at radius 2 is 1.90 bits per heavy atom. The van der Waals surface area contributed by atoms with Gasteiger partial charge in [0.2, 0.25) is 0 Å². The highest BCUT2D eigenvalue weighted by molar-refractivity contribution is 9.10. The van der Waals surface area contributed by atoms with Crippen molar-refractivity contribution >= 4 is 44.1 Å². The van der Waals surface area contributed by atoms with Crippen LogP contribution >= 0.6 is 27.3 Å². The van der Waals surface area contributed by atoms with Crippen molar-refractivity contribution in [2.24, 2.45) is 0 Å². The van der Waals surface area contributed by atoms with Gasteiger partial charge in [-0.25, -0.2) is 4.98 Å². The summed E-state index contributed by atoms with van der Waals surface area (Å²) in [6, 6.07) is 20.6. The minimum Gasteiger partial charge on any atom is -0.426 e. The van der Waals surface area contributed by atoms with Crippen molar-refractivity contribution in [2.75, 3.05) is 5.32 Å². The van der Waals surface area contributed by atoms with Crippen LogP contribution in [0.2, 0.25) is 0 Å². The number of nitrogens with one attached hydrogen (secondary N) is 1. The number of aromatic nitrogens is 2. The van der Waals surface area contributed by atoms with E-state index in [-0.39, 0.29) is 12.4 Å². The lowest BCUT2D eigenvalue weighted by Crippen LogP contribution is -2.11. The molecule has 0 aliphatic heterocycles. The van der Waals surface area contributed by atoms with Crippen LogP contribution in [0.1, 0.15) is 5.56 Å². The zero-order valence-corrected chi connectivity index (χ0v) is 17.6. The summed E-state index contributed by atoms with van der Waals surface area (Å²) in [6.07, 6.45) is 1.96. The molecule has 0 bridgehead atoms. The fraction of sp³-hybridized carbons (Fsp3) is 0.0455. The van der Waals surface area contributed by atoms with E-state index < -0.39 is 0 Å². The summed E-state index contributed by atoms with van der Waals surface area (Å²) in [5.74, 6) is 0.176. The zero-order chi connectivity index (χ0) is 20.1. The van der Waals surface area contributed by atoms with Crippen LogP contribution < -0.4 is 10.1 Å². The van der Waals surface area contributed by atoms with Crippen molar-refractivity contribution < 1.29 is 9.53 Å². The average Bonchev–Trinajstić information content (AvgIpc) is 3.19. The first-order valence-corrected chi connectivity index (χ1v) is 10.5. The molecule has 4 aromatic rings. The maximum absolute atomic E-state index is 12.2. The van der Waals surface area contributed by atoms with Crippen LogP contribution in [-0.2, 0) is 11.2 Å². The van der Waals surface area contributed by atoms with E-state index in [2.05, 4.69) is 31.2 Å². The third-order valence-electron chi connectivity index (χ3n) is 4.01. The predicted molar refractivity (Wildman–Crippen MR) is 119 cm³/mol. The molecule has 0 aliphatic rings. The molecule has 5 nitrogen and oxygen atoms in total. The van der Waals surface area contributed by atoms with E-state index in [1.54, 1.807) is 18.3 Å². The molecule has 2 aromatic carbocycles. The van der Waals surface area contributed by atoms with Crippen LogP contribution in [0.15, 0.2) is 82.8 Å². The molecule has 7 heteroatoms. The summed E-state index contributed by atoms with van der Waals surface area (Å²) < 4.78 is 6.46. The van der Waals surface area contributed by atoms with E-state index >= 15 is 0 Å². The molecule has 2 heterocycles. The van der Waals surface area contributed by atoms with Crippen molar-refractivity contribution in [1.82, 2.24) is 9.97 Å². The Labute approximate surface area is 180 Å². The van der Waals surface area contributed by atoms with Crippen LogP contribution in [0.5, 0.6) is 5.75 Å². The van der Waals surface area contributed by atoms with Crippen molar-refractivity contribution in [2.45, 2.75) is 6.42 Å². The second-order valence-electron chi connectivity index (χ2n) is 6.18. The van der Waals surface area contributed by atoms with Gasteiger partial charge in [-0.15, -0.1) is 11.3 Å². The van der Waals surface area contributed by atoms with Gasteiger partial charge < -0.3 is 10.1 Å². The van der Waals surface area contributed by atoms with Crippen LogP contribution in [0.25, 0.3) is 11.4 Å². The summed E-state index contributed by atoms with van der Waals surface area (Å²) in [7, 11) is 0. The van der Waals surface area contributed by atoms with Gasteiger partial charge in [-0.05, 0) is 42.0 Å². The first kappa shape index (κ1) is 19.3. The number of esters is 1. The molecule has 0 radical (unpaired) electrons. The summed E-state index contributed by atoms with van der Waals surface area (Å²) in [6.45, 7) is 0. The SMILES string of the molecule is O=C(Cc1ccc(Br)cc1)Oc1cccc(Nc2nc(-c3ccccn3)cs2)c1. The number of thiazole rings is 1. The van der Waals surface area contributed by atoms with Crippen LogP contribution in [0.3, 0.4) is 0 Å². The number of anilines is 2. The first-order chi connectivity index (χ1) is 14.2. The second kappa shape index (κ2) is 8.98. The molecular formula is C22H16BrN3O2S. The Morgan fingerprint density at radius 1 is 1.03 bits per heavy atom. The van der Waals surface area contributed by atoms with Gasteiger partial charge in [0.25, 0.3) is 0 Å². The van der Waals surface area contributed by atoms with E-state index in [4.69, 9.17) is 4.74 Å². The van der Waals surface area contributed by atoms with Gasteiger partial charge in [0.05, 0.1) is 12.1 Å². The highest BCUT2D eigenvalue weighted by Crippen LogP contribution is 2.27. The minimum absolute atomic E-state index is 0.213. The number of nitrogens with zero attached hydrogens (tertiary/aromatic N) is 2. The summed E-state index contributed by atoms with van der Waals surface area (Å²) in [5, 5.41) is 5.94. The topological polar surface area (TPSA) is 64.1 Å². The molecule has 144 valence electrons. The fourth-order valence-corrected chi connectivity index (χ4v) is 3.65. The molecule has 0 atom stereocenters. The molecule has 0 fully saturated rings. The number of carbonyl (C=O) groups excluding carboxylic acids is 1. The Kier molecular flexibility index (Phi) is 5.97. The third-order valence-corrected chi connectivity index (χ3v) is 5.30. The van der Waals surface area contributed by atoms with Gasteiger partial charge in [-0.3, -0.25) is 9.78 Å². The Morgan fingerprint density at radius 3 is 2.69 bits per heavy atom. The van der Waals surface area contributed by atoms with Crippen molar-refractivity contribution in [1.29, 1.82) is 0 Å². The first-order valence-electron chi connectivity index (χ1n) is 8.85. The largest absolute Gasteiger partial charge is 0.426 e. The Hall–Kier alpha value is -3.03. The number of benzene rings is 2. The lowest BCUT2D eigenvalue weighted by molar-refractivity contribution is -0.133. The standard InChI is InChI=1S/C22H16BrN3O2S/c23-16-9-7-15(8-10-16)12-21(27)28-18-5-3-4-17(13-18)25-22-26-20(14-29-22)19-6-1-2-11-24-19/h1-11,13-14H,12H2,(H,25,26). The molecule has 0 aliphatic carbocycles. The summed E-state index contributed by atoms with van der Waals surface area (Å²) in [4.78, 5) is 21.1. The van der Waals surface area contributed by atoms with Gasteiger partial charge in [0.1, 0.15) is 11.4 Å². The van der Waals surface area contributed by atoms with Crippen molar-refractivity contribution in [3.8, 4) is 17.1 Å². The maximum atomic E-state index is 12.2. The fourth-order valence-electron chi connectivity index (χ4n) is 2.66. The number of hydrogen-bond acceptors (Lipinski definition) is 6. The van der Waals surface area contributed by atoms with Gasteiger partial charge in [-0.1, -0.05) is 40.2 Å². The van der Waals surface area contributed by atoms with Crippen LogP contribution in [-0.4, -0.2) is 15.9 Å². The van der Waals surface area contributed by atoms with Crippen molar-refractivity contribution in [3.05, 3.63) is 88.3 Å². The van der Waals surface area contributed by atoms with Gasteiger partial charge in [-0.2, -0.15) is 0 Å². The van der Waals surface area contributed by atoms with E-state index in [9.17, 15) is 4.79 Å². The summed E-state index contributed by atoms with van der Waals surface area (Å²) in [5.41, 5.74) is 3.33. The molecule has 29 heavy (non-hydrogen) atoms. The number of rotatable bonds is 6. The van der Waals surface area contributed by atoms with E-state index in [1.807, 2.05) is 60.0 Å². The predicted octanol–water partition coefficient (Wildman–Crippen LogP) is 5.86. The Bertz CT molecular complexity index is 1110. The highest BCUT2D eigenvalue weighted by Gasteiger charge is 2.09. The number of ether oxygens (including phenoxy) is 1. The summed E-state index contributed by atoms with van der Waals surface area (Å²) >= 11 is 4.87. The van der Waals surface area contributed by atoms with Crippen LogP contribution in [0.4, 0.5) is 10.8 Å². The highest BCUT2D eigenvalue weighted by atomic mass is 79.9. The molecule has 4 rings (SSSR count). The second-order valence-corrected chi connectivity index (χ2v) is 7.96. The molecule has 0 saturated heterocycles. The van der Waals surface area contributed by atoms with Crippen molar-refractivity contribution in [3.63, 3.8) is 0 Å². The number of carbonyl (C=O) groups is 1. The molecule has 0 spiro atoms. The molecule has 0 unspecified atom stereocenters. The number of hydrogen-bond donors (Lipinski definition) is 1. The molecule has 1 N–H and O–H groups in total. The Balaban J connectivity index is 1.40. The molecule has 2 aromatic heterocycles. The normalized spacial score (nSPS) is 10.5.